The Morgan fingerprint density at radius 1 is 1.21 bits per heavy atom. The second-order valence-corrected chi connectivity index (χ2v) is 5.66. The lowest BCUT2D eigenvalue weighted by atomic mass is 10.00. The number of carboxylic acids is 1. The van der Waals surface area contributed by atoms with Gasteiger partial charge in [0.05, 0.1) is 13.5 Å². The van der Waals surface area contributed by atoms with Crippen molar-refractivity contribution >= 4 is 23.2 Å². The van der Waals surface area contributed by atoms with Crippen molar-refractivity contribution in [2.75, 3.05) is 7.11 Å². The summed E-state index contributed by atoms with van der Waals surface area (Å²) in [7, 11) is 1.61. The van der Waals surface area contributed by atoms with Crippen molar-refractivity contribution in [1.29, 1.82) is 0 Å². The average Bonchev–Trinajstić information content (AvgIpc) is 2.80. The first-order valence-electron chi connectivity index (χ1n) is 7.58. The fraction of sp³-hybridized carbons (Fsp3) is 0.150. The molecule has 1 aliphatic rings. The summed E-state index contributed by atoms with van der Waals surface area (Å²) in [6.07, 6.45) is 1.82. The molecule has 1 N–H and O–H groups in total. The Morgan fingerprint density at radius 2 is 1.96 bits per heavy atom. The zero-order valence-electron chi connectivity index (χ0n) is 13.5. The summed E-state index contributed by atoms with van der Waals surface area (Å²) in [5.74, 6) is -0.575. The first-order valence-corrected chi connectivity index (χ1v) is 7.58. The monoisotopic (exact) mass is 324 g/mol. The molecule has 0 radical (unpaired) electrons. The number of hydrogen-bond acceptors (Lipinski definition) is 2. The molecule has 2 aromatic carbocycles. The summed E-state index contributed by atoms with van der Waals surface area (Å²) >= 11 is 0. The predicted molar refractivity (Wildman–Crippen MR) is 92.1 cm³/mol. The quantitative estimate of drug-likeness (QED) is 0.891. The van der Waals surface area contributed by atoms with Gasteiger partial charge in [-0.05, 0) is 59.0 Å². The number of allylic oxidation sites excluding steroid dienone is 2. The number of methoxy groups -OCH3 is 1. The van der Waals surface area contributed by atoms with Crippen molar-refractivity contribution in [2.45, 2.75) is 13.3 Å². The molecular weight excluding hydrogens is 307 g/mol. The number of rotatable bonds is 4. The van der Waals surface area contributed by atoms with Crippen LogP contribution in [0.2, 0.25) is 0 Å². The van der Waals surface area contributed by atoms with Gasteiger partial charge in [0.15, 0.2) is 0 Å². The van der Waals surface area contributed by atoms with Gasteiger partial charge < -0.3 is 9.84 Å². The van der Waals surface area contributed by atoms with Gasteiger partial charge in [0, 0.05) is 5.56 Å². The average molecular weight is 324 g/mol. The summed E-state index contributed by atoms with van der Waals surface area (Å²) in [6.45, 7) is 1.87. The van der Waals surface area contributed by atoms with E-state index in [9.17, 15) is 14.3 Å². The van der Waals surface area contributed by atoms with Crippen LogP contribution in [0.25, 0.3) is 17.2 Å². The van der Waals surface area contributed by atoms with Gasteiger partial charge in [-0.25, -0.2) is 4.39 Å². The van der Waals surface area contributed by atoms with E-state index in [2.05, 4.69) is 0 Å². The van der Waals surface area contributed by atoms with E-state index in [0.29, 0.717) is 11.1 Å². The van der Waals surface area contributed by atoms with Crippen LogP contribution >= 0.6 is 0 Å². The van der Waals surface area contributed by atoms with E-state index < -0.39 is 5.97 Å². The van der Waals surface area contributed by atoms with E-state index in [0.717, 1.165) is 28.0 Å². The predicted octanol–water partition coefficient (Wildman–Crippen LogP) is 4.64. The molecule has 0 saturated carbocycles. The smallest absolute Gasteiger partial charge is 0.307 e. The second kappa shape index (κ2) is 6.32. The molecule has 2 aromatic rings. The number of ether oxygens (including phenoxy) is 1. The van der Waals surface area contributed by atoms with Crippen LogP contribution in [0.15, 0.2) is 48.0 Å². The Bertz CT molecular complexity index is 878. The highest BCUT2D eigenvalue weighted by molar-refractivity contribution is 6.07. The van der Waals surface area contributed by atoms with Gasteiger partial charge in [0.1, 0.15) is 11.6 Å². The van der Waals surface area contributed by atoms with Crippen LogP contribution in [-0.2, 0) is 4.79 Å². The molecule has 3 nitrogen and oxygen atoms in total. The third-order valence-electron chi connectivity index (χ3n) is 4.22. The van der Waals surface area contributed by atoms with Crippen LogP contribution in [-0.4, -0.2) is 18.2 Å². The number of carboxylic acid groups (broad SMARTS) is 1. The molecule has 0 unspecified atom stereocenters. The Hall–Kier alpha value is -2.88. The molecular formula is C20H17FO3. The third kappa shape index (κ3) is 2.83. The number of aliphatic carboxylic acids is 1. The molecule has 0 bridgehead atoms. The van der Waals surface area contributed by atoms with Crippen molar-refractivity contribution in [1.82, 2.24) is 0 Å². The molecule has 24 heavy (non-hydrogen) atoms. The van der Waals surface area contributed by atoms with Crippen LogP contribution in [0.5, 0.6) is 5.75 Å². The van der Waals surface area contributed by atoms with E-state index in [-0.39, 0.29) is 12.2 Å². The first kappa shape index (κ1) is 16.0. The zero-order valence-corrected chi connectivity index (χ0v) is 13.5. The van der Waals surface area contributed by atoms with Crippen LogP contribution < -0.4 is 4.74 Å². The lowest BCUT2D eigenvalue weighted by molar-refractivity contribution is -0.135. The Kier molecular flexibility index (Phi) is 4.21. The largest absolute Gasteiger partial charge is 0.496 e. The lowest BCUT2D eigenvalue weighted by Gasteiger charge is -2.07. The van der Waals surface area contributed by atoms with Crippen molar-refractivity contribution in [3.8, 4) is 5.75 Å². The molecule has 0 aromatic heterocycles. The molecule has 0 aliphatic heterocycles. The van der Waals surface area contributed by atoms with Crippen molar-refractivity contribution in [3.05, 3.63) is 70.5 Å². The Labute approximate surface area is 139 Å². The fourth-order valence-corrected chi connectivity index (χ4v) is 3.07. The summed E-state index contributed by atoms with van der Waals surface area (Å²) in [5.41, 5.74) is 4.78. The van der Waals surface area contributed by atoms with E-state index in [1.807, 2.05) is 37.3 Å². The first-order chi connectivity index (χ1) is 11.5. The van der Waals surface area contributed by atoms with Gasteiger partial charge in [-0.1, -0.05) is 24.3 Å². The number of carbonyl (C=O) groups is 1. The molecule has 0 atom stereocenters. The molecule has 4 heteroatoms. The Morgan fingerprint density at radius 3 is 2.67 bits per heavy atom. The van der Waals surface area contributed by atoms with Gasteiger partial charge in [0.2, 0.25) is 0 Å². The SMILES string of the molecule is COc1ccccc1C=C1C(C)=C(CC(=O)O)c2cc(F)ccc21. The van der Waals surface area contributed by atoms with Crippen LogP contribution in [0.1, 0.15) is 30.0 Å². The molecule has 0 fully saturated rings. The van der Waals surface area contributed by atoms with Crippen molar-refractivity contribution in [2.24, 2.45) is 0 Å². The van der Waals surface area contributed by atoms with Crippen LogP contribution in [0.3, 0.4) is 0 Å². The van der Waals surface area contributed by atoms with E-state index in [1.54, 1.807) is 13.2 Å². The summed E-state index contributed by atoms with van der Waals surface area (Å²) in [5, 5.41) is 9.18. The molecule has 0 saturated heterocycles. The minimum atomic E-state index is -0.932. The highest BCUT2D eigenvalue weighted by Gasteiger charge is 2.25. The maximum atomic E-state index is 13.7. The Balaban J connectivity index is 2.19. The van der Waals surface area contributed by atoms with Gasteiger partial charge >= 0.3 is 5.97 Å². The fourth-order valence-electron chi connectivity index (χ4n) is 3.07. The van der Waals surface area contributed by atoms with Gasteiger partial charge in [0.25, 0.3) is 0 Å². The number of benzene rings is 2. The summed E-state index contributed by atoms with van der Waals surface area (Å²) in [6, 6.07) is 12.1. The summed E-state index contributed by atoms with van der Waals surface area (Å²) < 4.78 is 19.0. The maximum Gasteiger partial charge on any atom is 0.307 e. The summed E-state index contributed by atoms with van der Waals surface area (Å²) in [4.78, 5) is 11.2. The highest BCUT2D eigenvalue weighted by Crippen LogP contribution is 2.44. The van der Waals surface area contributed by atoms with E-state index >= 15 is 0 Å². The van der Waals surface area contributed by atoms with Crippen molar-refractivity contribution in [3.63, 3.8) is 0 Å². The molecule has 1 aliphatic carbocycles. The molecule has 0 amide bonds. The maximum absolute atomic E-state index is 13.7. The minimum Gasteiger partial charge on any atom is -0.496 e. The third-order valence-corrected chi connectivity index (χ3v) is 4.22. The van der Waals surface area contributed by atoms with E-state index in [1.165, 1.54) is 12.1 Å². The number of para-hydroxylation sites is 1. The molecule has 0 spiro atoms. The zero-order chi connectivity index (χ0) is 17.3. The van der Waals surface area contributed by atoms with Gasteiger partial charge in [-0.3, -0.25) is 4.79 Å². The standard InChI is InChI=1S/C20H17FO3/c1-12-16(9-13-5-3-4-6-19(13)24-2)15-8-7-14(21)10-18(15)17(12)11-20(22)23/h3-10H,11H2,1-2H3,(H,22,23). The van der Waals surface area contributed by atoms with Gasteiger partial charge in [-0.2, -0.15) is 0 Å². The number of hydrogen-bond donors (Lipinski definition) is 1. The lowest BCUT2D eigenvalue weighted by Crippen LogP contribution is -1.97. The normalized spacial score (nSPS) is 14.9. The second-order valence-electron chi connectivity index (χ2n) is 5.66. The van der Waals surface area contributed by atoms with E-state index in [4.69, 9.17) is 4.74 Å². The molecule has 0 heterocycles. The van der Waals surface area contributed by atoms with Crippen LogP contribution in [0.4, 0.5) is 4.39 Å². The highest BCUT2D eigenvalue weighted by atomic mass is 19.1. The van der Waals surface area contributed by atoms with Crippen molar-refractivity contribution < 1.29 is 19.0 Å². The number of halogens is 1. The van der Waals surface area contributed by atoms with Crippen LogP contribution in [0, 0.1) is 5.82 Å². The minimum absolute atomic E-state index is 0.133. The molecule has 3 rings (SSSR count). The van der Waals surface area contributed by atoms with Gasteiger partial charge in [-0.15, -0.1) is 0 Å². The number of fused-ring (bicyclic) bond motifs is 1. The topological polar surface area (TPSA) is 46.5 Å². The molecule has 122 valence electrons.